The molecule has 1 aliphatic rings. The summed E-state index contributed by atoms with van der Waals surface area (Å²) in [5.41, 5.74) is 3.52. The number of likely N-dealkylation sites (N-methyl/N-ethyl adjacent to an activating group) is 1. The molecule has 96 valence electrons. The molecule has 1 aliphatic heterocycles. The van der Waals surface area contributed by atoms with Crippen LogP contribution < -0.4 is 5.43 Å². The summed E-state index contributed by atoms with van der Waals surface area (Å²) in [6.07, 6.45) is 8.20. The first-order chi connectivity index (χ1) is 8.77. The Kier molecular flexibility index (Phi) is 4.41. The third kappa shape index (κ3) is 3.37. The van der Waals surface area contributed by atoms with Gasteiger partial charge in [0.25, 0.3) is 5.91 Å². The van der Waals surface area contributed by atoms with Crippen molar-refractivity contribution in [3.05, 3.63) is 30.1 Å². The van der Waals surface area contributed by atoms with Crippen molar-refractivity contribution in [2.24, 2.45) is 5.10 Å². The summed E-state index contributed by atoms with van der Waals surface area (Å²) in [6, 6.07) is 3.62. The summed E-state index contributed by atoms with van der Waals surface area (Å²) in [7, 11) is 1.98. The Labute approximate surface area is 107 Å². The highest BCUT2D eigenvalue weighted by Crippen LogP contribution is 2.14. The van der Waals surface area contributed by atoms with E-state index in [0.29, 0.717) is 0 Å². The molecule has 2 heterocycles. The Balaban J connectivity index is 1.86. The molecule has 0 bridgehead atoms. The Morgan fingerprint density at radius 3 is 3.00 bits per heavy atom. The van der Waals surface area contributed by atoms with Gasteiger partial charge >= 0.3 is 0 Å². The van der Waals surface area contributed by atoms with Crippen molar-refractivity contribution in [2.75, 3.05) is 13.6 Å². The fourth-order valence-electron chi connectivity index (χ4n) is 2.10. The summed E-state index contributed by atoms with van der Waals surface area (Å²) in [6.45, 7) is 0.978. The van der Waals surface area contributed by atoms with Gasteiger partial charge in [-0.25, -0.2) is 5.43 Å². The average molecular weight is 246 g/mol. The molecule has 5 nitrogen and oxygen atoms in total. The number of rotatable bonds is 3. The molecule has 5 heteroatoms. The van der Waals surface area contributed by atoms with Crippen molar-refractivity contribution >= 4 is 12.1 Å². The van der Waals surface area contributed by atoms with Crippen molar-refractivity contribution in [2.45, 2.75) is 25.3 Å². The Bertz CT molecular complexity index is 418. The van der Waals surface area contributed by atoms with Crippen LogP contribution in [0.5, 0.6) is 0 Å². The summed E-state index contributed by atoms with van der Waals surface area (Å²) in [5.74, 6) is -0.0255. The van der Waals surface area contributed by atoms with E-state index in [-0.39, 0.29) is 11.9 Å². The SMILES string of the molecule is CN1CCCCC1C(=O)NN=Cc1ccncc1. The van der Waals surface area contributed by atoms with Crippen LogP contribution in [0.2, 0.25) is 0 Å². The maximum atomic E-state index is 11.9. The lowest BCUT2D eigenvalue weighted by atomic mass is 10.0. The van der Waals surface area contributed by atoms with Crippen LogP contribution in [0.1, 0.15) is 24.8 Å². The standard InChI is InChI=1S/C13H18N4O/c1-17-9-3-2-4-12(17)13(18)16-15-10-11-5-7-14-8-6-11/h5-8,10,12H,2-4,9H2,1H3,(H,16,18). The van der Waals surface area contributed by atoms with Crippen molar-refractivity contribution < 1.29 is 4.79 Å². The lowest BCUT2D eigenvalue weighted by Crippen LogP contribution is -2.46. The molecular weight excluding hydrogens is 228 g/mol. The van der Waals surface area contributed by atoms with Gasteiger partial charge in [0.1, 0.15) is 0 Å². The van der Waals surface area contributed by atoms with Gasteiger partial charge in [0.15, 0.2) is 0 Å². The van der Waals surface area contributed by atoms with Gasteiger partial charge < -0.3 is 0 Å². The summed E-state index contributed by atoms with van der Waals surface area (Å²) in [5, 5.41) is 3.97. The number of likely N-dealkylation sites (tertiary alicyclic amines) is 1. The van der Waals surface area contributed by atoms with E-state index >= 15 is 0 Å². The molecule has 1 fully saturated rings. The first-order valence-electron chi connectivity index (χ1n) is 6.20. The van der Waals surface area contributed by atoms with Crippen LogP contribution in [0.15, 0.2) is 29.6 Å². The highest BCUT2D eigenvalue weighted by atomic mass is 16.2. The minimum atomic E-state index is -0.0478. The van der Waals surface area contributed by atoms with Crippen molar-refractivity contribution in [3.8, 4) is 0 Å². The number of hydrogen-bond donors (Lipinski definition) is 1. The summed E-state index contributed by atoms with van der Waals surface area (Å²) < 4.78 is 0. The Hall–Kier alpha value is -1.75. The van der Waals surface area contributed by atoms with E-state index in [9.17, 15) is 4.79 Å². The number of amides is 1. The zero-order chi connectivity index (χ0) is 12.8. The zero-order valence-corrected chi connectivity index (χ0v) is 10.5. The molecule has 1 aromatic rings. The van der Waals surface area contributed by atoms with Crippen LogP contribution in [0.3, 0.4) is 0 Å². The second-order valence-electron chi connectivity index (χ2n) is 4.51. The molecule has 0 aromatic carbocycles. The smallest absolute Gasteiger partial charge is 0.257 e. The zero-order valence-electron chi connectivity index (χ0n) is 10.5. The number of piperidine rings is 1. The lowest BCUT2D eigenvalue weighted by molar-refractivity contribution is -0.126. The van der Waals surface area contributed by atoms with Gasteiger partial charge in [-0.3, -0.25) is 14.7 Å². The Morgan fingerprint density at radius 2 is 2.28 bits per heavy atom. The predicted molar refractivity (Wildman–Crippen MR) is 70.2 cm³/mol. The third-order valence-electron chi connectivity index (χ3n) is 3.17. The first-order valence-corrected chi connectivity index (χ1v) is 6.20. The maximum absolute atomic E-state index is 11.9. The maximum Gasteiger partial charge on any atom is 0.257 e. The van der Waals surface area contributed by atoms with E-state index in [1.54, 1.807) is 18.6 Å². The molecule has 1 amide bonds. The second kappa shape index (κ2) is 6.26. The monoisotopic (exact) mass is 246 g/mol. The minimum Gasteiger partial charge on any atom is -0.295 e. The number of nitrogens with one attached hydrogen (secondary N) is 1. The molecule has 1 atom stereocenters. The lowest BCUT2D eigenvalue weighted by Gasteiger charge is -2.30. The number of pyridine rings is 1. The van der Waals surface area contributed by atoms with E-state index in [1.165, 1.54) is 6.42 Å². The largest absolute Gasteiger partial charge is 0.295 e. The van der Waals surface area contributed by atoms with Crippen LogP contribution in [0.4, 0.5) is 0 Å². The number of hydrogen-bond acceptors (Lipinski definition) is 4. The number of carbonyl (C=O) groups excluding carboxylic acids is 1. The molecule has 0 radical (unpaired) electrons. The molecule has 1 N–H and O–H groups in total. The topological polar surface area (TPSA) is 57.6 Å². The quantitative estimate of drug-likeness (QED) is 0.640. The molecule has 1 aromatic heterocycles. The number of nitrogens with zero attached hydrogens (tertiary/aromatic N) is 3. The van der Waals surface area contributed by atoms with E-state index in [0.717, 1.165) is 24.9 Å². The molecule has 0 spiro atoms. The number of carbonyl (C=O) groups is 1. The van der Waals surface area contributed by atoms with Crippen molar-refractivity contribution in [1.29, 1.82) is 0 Å². The fraction of sp³-hybridized carbons (Fsp3) is 0.462. The first kappa shape index (κ1) is 12.7. The third-order valence-corrected chi connectivity index (χ3v) is 3.17. The van der Waals surface area contributed by atoms with Crippen molar-refractivity contribution in [3.63, 3.8) is 0 Å². The van der Waals surface area contributed by atoms with Crippen LogP contribution in [0, 0.1) is 0 Å². The van der Waals surface area contributed by atoms with E-state index in [1.807, 2.05) is 19.2 Å². The molecule has 0 saturated carbocycles. The second-order valence-corrected chi connectivity index (χ2v) is 4.51. The van der Waals surface area contributed by atoms with E-state index < -0.39 is 0 Å². The van der Waals surface area contributed by atoms with Gasteiger partial charge in [0.2, 0.25) is 0 Å². The van der Waals surface area contributed by atoms with Crippen LogP contribution >= 0.6 is 0 Å². The number of hydrazone groups is 1. The molecular formula is C13H18N4O. The highest BCUT2D eigenvalue weighted by molar-refractivity contribution is 5.84. The van der Waals surface area contributed by atoms with Crippen LogP contribution in [-0.2, 0) is 4.79 Å². The van der Waals surface area contributed by atoms with Gasteiger partial charge in [0, 0.05) is 12.4 Å². The van der Waals surface area contributed by atoms with Gasteiger partial charge in [-0.1, -0.05) is 6.42 Å². The normalized spacial score (nSPS) is 21.1. The van der Waals surface area contributed by atoms with Gasteiger partial charge in [-0.05, 0) is 44.1 Å². The molecule has 0 aliphatic carbocycles. The van der Waals surface area contributed by atoms with Crippen LogP contribution in [0.25, 0.3) is 0 Å². The van der Waals surface area contributed by atoms with E-state index in [2.05, 4.69) is 20.4 Å². The minimum absolute atomic E-state index is 0.0255. The van der Waals surface area contributed by atoms with Gasteiger partial charge in [0.05, 0.1) is 12.3 Å². The average Bonchev–Trinajstić information content (AvgIpc) is 2.40. The Morgan fingerprint density at radius 1 is 1.50 bits per heavy atom. The molecule has 18 heavy (non-hydrogen) atoms. The highest BCUT2D eigenvalue weighted by Gasteiger charge is 2.25. The van der Waals surface area contributed by atoms with Crippen molar-refractivity contribution in [1.82, 2.24) is 15.3 Å². The van der Waals surface area contributed by atoms with E-state index in [4.69, 9.17) is 0 Å². The van der Waals surface area contributed by atoms with Crippen LogP contribution in [-0.4, -0.2) is 41.6 Å². The summed E-state index contributed by atoms with van der Waals surface area (Å²) >= 11 is 0. The fourth-order valence-corrected chi connectivity index (χ4v) is 2.10. The van der Waals surface area contributed by atoms with Gasteiger partial charge in [-0.15, -0.1) is 0 Å². The molecule has 2 rings (SSSR count). The predicted octanol–water partition coefficient (Wildman–Crippen LogP) is 1.02. The number of aromatic nitrogens is 1. The van der Waals surface area contributed by atoms with Gasteiger partial charge in [-0.2, -0.15) is 5.10 Å². The molecule has 1 saturated heterocycles. The molecule has 1 unspecified atom stereocenters. The summed E-state index contributed by atoms with van der Waals surface area (Å²) in [4.78, 5) is 17.9.